The third kappa shape index (κ3) is 4.45. The summed E-state index contributed by atoms with van der Waals surface area (Å²) < 4.78 is 5.64. The van der Waals surface area contributed by atoms with Crippen LogP contribution in [-0.4, -0.2) is 36.1 Å². The summed E-state index contributed by atoms with van der Waals surface area (Å²) in [6, 6.07) is 0. The highest BCUT2D eigenvalue weighted by Gasteiger charge is 2.33. The Hall–Kier alpha value is -0.570. The first-order valence-corrected chi connectivity index (χ1v) is 8.96. The lowest BCUT2D eigenvalue weighted by molar-refractivity contribution is -0.151. The zero-order valence-corrected chi connectivity index (χ0v) is 14.2. The van der Waals surface area contributed by atoms with Crippen molar-refractivity contribution in [2.24, 2.45) is 11.8 Å². The number of likely N-dealkylation sites (tertiary alicyclic amines) is 1. The van der Waals surface area contributed by atoms with E-state index in [1.54, 1.807) is 0 Å². The van der Waals surface area contributed by atoms with Crippen molar-refractivity contribution >= 4 is 5.97 Å². The number of carbonyl (C=O) groups is 1. The van der Waals surface area contributed by atoms with E-state index in [2.05, 4.69) is 25.7 Å². The van der Waals surface area contributed by atoms with Gasteiger partial charge in [0.1, 0.15) is 6.61 Å². The van der Waals surface area contributed by atoms with Gasteiger partial charge in [-0.25, -0.2) is 0 Å². The Kier molecular flexibility index (Phi) is 6.09. The summed E-state index contributed by atoms with van der Waals surface area (Å²) in [4.78, 5) is 14.9. The standard InChI is InChI=1S/C18H33NO2/c1-4-8-16(15-9-5-6-10-15)17(20)21-14-13-19-12-7-11-18(19,2)3/h15-16H,4-14H2,1-3H3. The van der Waals surface area contributed by atoms with Crippen LogP contribution in [0.2, 0.25) is 0 Å². The summed E-state index contributed by atoms with van der Waals surface area (Å²) in [6.07, 6.45) is 9.62. The molecule has 0 aromatic heterocycles. The van der Waals surface area contributed by atoms with Crippen LogP contribution < -0.4 is 0 Å². The SMILES string of the molecule is CCCC(C(=O)OCCN1CCCC1(C)C)C1CCCC1. The fraction of sp³-hybridized carbons (Fsp3) is 0.944. The van der Waals surface area contributed by atoms with E-state index in [0.717, 1.165) is 25.9 Å². The maximum Gasteiger partial charge on any atom is 0.309 e. The van der Waals surface area contributed by atoms with Gasteiger partial charge in [-0.1, -0.05) is 26.2 Å². The summed E-state index contributed by atoms with van der Waals surface area (Å²) in [6.45, 7) is 9.35. The van der Waals surface area contributed by atoms with E-state index in [9.17, 15) is 4.79 Å². The fourth-order valence-electron chi connectivity index (χ4n) is 4.16. The van der Waals surface area contributed by atoms with Gasteiger partial charge in [0.25, 0.3) is 0 Å². The molecule has 1 aliphatic heterocycles. The Balaban J connectivity index is 1.76. The molecule has 3 heteroatoms. The van der Waals surface area contributed by atoms with E-state index in [4.69, 9.17) is 4.74 Å². The first-order chi connectivity index (χ1) is 10.0. The summed E-state index contributed by atoms with van der Waals surface area (Å²) >= 11 is 0. The molecule has 1 atom stereocenters. The molecule has 0 bridgehead atoms. The van der Waals surface area contributed by atoms with Gasteiger partial charge in [0.15, 0.2) is 0 Å². The topological polar surface area (TPSA) is 29.5 Å². The van der Waals surface area contributed by atoms with Crippen LogP contribution in [0.4, 0.5) is 0 Å². The second-order valence-electron chi connectivity index (χ2n) is 7.51. The Bertz CT molecular complexity index is 334. The number of carbonyl (C=O) groups excluding carboxylic acids is 1. The molecule has 1 heterocycles. The minimum atomic E-state index is 0.0701. The molecule has 0 amide bonds. The van der Waals surface area contributed by atoms with Crippen molar-refractivity contribution in [1.82, 2.24) is 4.90 Å². The van der Waals surface area contributed by atoms with Crippen LogP contribution in [0.3, 0.4) is 0 Å². The Morgan fingerprint density at radius 3 is 2.57 bits per heavy atom. The summed E-state index contributed by atoms with van der Waals surface area (Å²) in [5.74, 6) is 0.811. The molecular weight excluding hydrogens is 262 g/mol. The van der Waals surface area contributed by atoms with Crippen molar-refractivity contribution in [2.45, 2.75) is 77.7 Å². The molecule has 0 aromatic carbocycles. The van der Waals surface area contributed by atoms with Gasteiger partial charge in [0.2, 0.25) is 0 Å². The first-order valence-electron chi connectivity index (χ1n) is 8.96. The second-order valence-corrected chi connectivity index (χ2v) is 7.51. The molecule has 21 heavy (non-hydrogen) atoms. The molecule has 1 saturated carbocycles. The number of rotatable bonds is 7. The van der Waals surface area contributed by atoms with Gasteiger partial charge in [-0.2, -0.15) is 0 Å². The normalized spacial score (nSPS) is 24.3. The zero-order chi connectivity index (χ0) is 15.3. The summed E-state index contributed by atoms with van der Waals surface area (Å²) in [7, 11) is 0. The summed E-state index contributed by atoms with van der Waals surface area (Å²) in [5.41, 5.74) is 0.278. The van der Waals surface area contributed by atoms with E-state index < -0.39 is 0 Å². The van der Waals surface area contributed by atoms with Crippen molar-refractivity contribution in [3.63, 3.8) is 0 Å². The van der Waals surface area contributed by atoms with Gasteiger partial charge in [0.05, 0.1) is 5.92 Å². The molecule has 0 radical (unpaired) electrons. The average molecular weight is 295 g/mol. The number of hydrogen-bond acceptors (Lipinski definition) is 3. The largest absolute Gasteiger partial charge is 0.464 e. The molecule has 0 aromatic rings. The van der Waals surface area contributed by atoms with E-state index in [-0.39, 0.29) is 17.4 Å². The van der Waals surface area contributed by atoms with E-state index >= 15 is 0 Å². The van der Waals surface area contributed by atoms with E-state index in [1.165, 1.54) is 38.5 Å². The minimum absolute atomic E-state index is 0.0701. The highest BCUT2D eigenvalue weighted by molar-refractivity contribution is 5.72. The van der Waals surface area contributed by atoms with Crippen LogP contribution >= 0.6 is 0 Å². The average Bonchev–Trinajstić information content (AvgIpc) is 3.06. The number of ether oxygens (including phenoxy) is 1. The molecule has 0 N–H and O–H groups in total. The monoisotopic (exact) mass is 295 g/mol. The second kappa shape index (κ2) is 7.62. The molecule has 0 spiro atoms. The van der Waals surface area contributed by atoms with Crippen LogP contribution in [0.15, 0.2) is 0 Å². The van der Waals surface area contributed by atoms with Crippen LogP contribution in [0.25, 0.3) is 0 Å². The van der Waals surface area contributed by atoms with Crippen LogP contribution in [0.1, 0.15) is 72.1 Å². The van der Waals surface area contributed by atoms with E-state index in [0.29, 0.717) is 12.5 Å². The smallest absolute Gasteiger partial charge is 0.309 e. The lowest BCUT2D eigenvalue weighted by Gasteiger charge is -2.31. The number of esters is 1. The van der Waals surface area contributed by atoms with Gasteiger partial charge in [-0.3, -0.25) is 9.69 Å². The molecule has 2 fully saturated rings. The Morgan fingerprint density at radius 1 is 1.29 bits per heavy atom. The van der Waals surface area contributed by atoms with Crippen molar-refractivity contribution in [2.75, 3.05) is 19.7 Å². The molecule has 1 saturated heterocycles. The summed E-state index contributed by atoms with van der Waals surface area (Å²) in [5, 5.41) is 0. The lowest BCUT2D eigenvalue weighted by Crippen LogP contribution is -2.40. The van der Waals surface area contributed by atoms with Crippen molar-refractivity contribution in [3.05, 3.63) is 0 Å². The lowest BCUT2D eigenvalue weighted by atomic mass is 9.87. The van der Waals surface area contributed by atoms with Gasteiger partial charge in [0, 0.05) is 12.1 Å². The first kappa shape index (κ1) is 16.8. The van der Waals surface area contributed by atoms with E-state index in [1.807, 2.05) is 0 Å². The molecule has 122 valence electrons. The number of nitrogens with zero attached hydrogens (tertiary/aromatic N) is 1. The molecule has 3 nitrogen and oxygen atoms in total. The van der Waals surface area contributed by atoms with Gasteiger partial charge in [-0.05, 0) is 58.4 Å². The molecule has 1 aliphatic carbocycles. The van der Waals surface area contributed by atoms with Crippen LogP contribution in [0.5, 0.6) is 0 Å². The zero-order valence-electron chi connectivity index (χ0n) is 14.2. The van der Waals surface area contributed by atoms with Gasteiger partial charge in [-0.15, -0.1) is 0 Å². The molecule has 2 aliphatic rings. The Labute approximate surface area is 130 Å². The van der Waals surface area contributed by atoms with Crippen molar-refractivity contribution in [3.8, 4) is 0 Å². The third-order valence-electron chi connectivity index (χ3n) is 5.55. The Morgan fingerprint density at radius 2 is 2.00 bits per heavy atom. The van der Waals surface area contributed by atoms with Crippen molar-refractivity contribution < 1.29 is 9.53 Å². The van der Waals surface area contributed by atoms with Gasteiger partial charge >= 0.3 is 5.97 Å². The molecule has 2 rings (SSSR count). The number of hydrogen-bond donors (Lipinski definition) is 0. The minimum Gasteiger partial charge on any atom is -0.464 e. The van der Waals surface area contributed by atoms with Crippen molar-refractivity contribution in [1.29, 1.82) is 0 Å². The maximum absolute atomic E-state index is 12.4. The highest BCUT2D eigenvalue weighted by atomic mass is 16.5. The molecule has 1 unspecified atom stereocenters. The fourth-order valence-corrected chi connectivity index (χ4v) is 4.16. The quantitative estimate of drug-likeness (QED) is 0.665. The molecular formula is C18H33NO2. The van der Waals surface area contributed by atoms with Gasteiger partial charge < -0.3 is 4.74 Å². The predicted molar refractivity (Wildman–Crippen MR) is 86.2 cm³/mol. The third-order valence-corrected chi connectivity index (χ3v) is 5.55. The highest BCUT2D eigenvalue weighted by Crippen LogP contribution is 2.34. The predicted octanol–water partition coefficient (Wildman–Crippen LogP) is 4.01. The maximum atomic E-state index is 12.4. The van der Waals surface area contributed by atoms with Crippen LogP contribution in [-0.2, 0) is 9.53 Å². The van der Waals surface area contributed by atoms with Crippen LogP contribution in [0, 0.1) is 11.8 Å².